The maximum Gasteiger partial charge on any atom is 0.238 e. The third-order valence-corrected chi connectivity index (χ3v) is 4.55. The lowest BCUT2D eigenvalue weighted by atomic mass is 9.79. The fraction of sp³-hybridized carbons (Fsp3) is 0.588. The Bertz CT molecular complexity index is 663. The van der Waals surface area contributed by atoms with Crippen LogP contribution in [0.25, 0.3) is 11.6 Å². The predicted octanol–water partition coefficient (Wildman–Crippen LogP) is 1.82. The molecule has 26 heavy (non-hydrogen) atoms. The van der Waals surface area contributed by atoms with Crippen LogP contribution in [0.3, 0.4) is 0 Å². The molecule has 0 spiro atoms. The normalized spacial score (nSPS) is 16.0. The average molecular weight is 385 g/mol. The van der Waals surface area contributed by atoms with Crippen molar-refractivity contribution in [3.63, 3.8) is 0 Å². The Morgan fingerprint density at radius 2 is 2.23 bits per heavy atom. The van der Waals surface area contributed by atoms with Crippen LogP contribution in [0.4, 0.5) is 0 Å². The average Bonchev–Trinajstić information content (AvgIpc) is 3.30. The molecule has 0 aromatic carbocycles. The first-order valence-corrected chi connectivity index (χ1v) is 8.54. The molecule has 0 saturated carbocycles. The number of halogens is 1. The van der Waals surface area contributed by atoms with Crippen molar-refractivity contribution in [3.8, 4) is 11.6 Å². The number of methoxy groups -OCH3 is 1. The Kier molecular flexibility index (Phi) is 7.62. The van der Waals surface area contributed by atoms with E-state index in [1.54, 1.807) is 25.5 Å². The molecule has 9 heteroatoms. The van der Waals surface area contributed by atoms with Gasteiger partial charge < -0.3 is 24.3 Å². The van der Waals surface area contributed by atoms with E-state index in [2.05, 4.69) is 20.8 Å². The number of aromatic nitrogens is 2. The summed E-state index contributed by atoms with van der Waals surface area (Å²) in [6.07, 6.45) is 4.25. The second-order valence-corrected chi connectivity index (χ2v) is 6.45. The van der Waals surface area contributed by atoms with E-state index in [1.165, 1.54) is 0 Å². The molecule has 0 aliphatic carbocycles. The maximum atomic E-state index is 12.2. The molecule has 2 aromatic rings. The van der Waals surface area contributed by atoms with Crippen molar-refractivity contribution in [1.82, 2.24) is 20.8 Å². The molecule has 1 fully saturated rings. The highest BCUT2D eigenvalue weighted by atomic mass is 35.5. The van der Waals surface area contributed by atoms with Crippen LogP contribution in [0, 0.1) is 5.41 Å². The number of carbonyl (C=O) groups excluding carboxylic acids is 1. The van der Waals surface area contributed by atoms with Gasteiger partial charge in [0.25, 0.3) is 0 Å². The molecule has 1 aliphatic rings. The molecule has 144 valence electrons. The second-order valence-electron chi connectivity index (χ2n) is 6.45. The van der Waals surface area contributed by atoms with Crippen LogP contribution in [0.15, 0.2) is 27.3 Å². The first kappa shape index (κ1) is 20.4. The highest BCUT2D eigenvalue weighted by molar-refractivity contribution is 5.85. The summed E-state index contributed by atoms with van der Waals surface area (Å²) in [4.78, 5) is 16.4. The first-order valence-electron chi connectivity index (χ1n) is 8.54. The van der Waals surface area contributed by atoms with E-state index < -0.39 is 0 Å². The van der Waals surface area contributed by atoms with Crippen LogP contribution in [0.2, 0.25) is 0 Å². The quantitative estimate of drug-likeness (QED) is 0.715. The molecule has 3 rings (SSSR count). The lowest BCUT2D eigenvalue weighted by Gasteiger charge is -2.37. The Balaban J connectivity index is 0.00000243. The molecular weight excluding hydrogens is 360 g/mol. The fourth-order valence-corrected chi connectivity index (χ4v) is 3.09. The molecule has 1 amide bonds. The largest absolute Gasteiger partial charge is 0.461 e. The van der Waals surface area contributed by atoms with Crippen molar-refractivity contribution in [2.45, 2.75) is 25.7 Å². The minimum atomic E-state index is -0.0215. The monoisotopic (exact) mass is 384 g/mol. The Hall–Kier alpha value is -1.90. The molecular formula is C17H25ClN4O4. The summed E-state index contributed by atoms with van der Waals surface area (Å²) in [5.74, 6) is 1.35. The topological polar surface area (TPSA) is 102 Å². The van der Waals surface area contributed by atoms with Gasteiger partial charge in [-0.15, -0.1) is 12.4 Å². The number of furan rings is 1. The number of nitrogens with one attached hydrogen (secondary N) is 2. The number of amides is 1. The van der Waals surface area contributed by atoms with Gasteiger partial charge in [-0.25, -0.2) is 0 Å². The van der Waals surface area contributed by atoms with Crippen molar-refractivity contribution in [2.24, 2.45) is 5.41 Å². The minimum absolute atomic E-state index is 0. The van der Waals surface area contributed by atoms with Crippen molar-refractivity contribution in [1.29, 1.82) is 0 Å². The summed E-state index contributed by atoms with van der Waals surface area (Å²) in [7, 11) is 1.71. The number of piperidine rings is 1. The molecule has 0 radical (unpaired) electrons. The highest BCUT2D eigenvalue weighted by Gasteiger charge is 2.32. The van der Waals surface area contributed by atoms with Crippen LogP contribution in [-0.4, -0.2) is 49.4 Å². The van der Waals surface area contributed by atoms with Gasteiger partial charge in [0.15, 0.2) is 5.76 Å². The molecule has 2 N–H and O–H groups in total. The Morgan fingerprint density at radius 3 is 2.92 bits per heavy atom. The third-order valence-electron chi connectivity index (χ3n) is 4.55. The van der Waals surface area contributed by atoms with Crippen LogP contribution in [0.5, 0.6) is 0 Å². The Morgan fingerprint density at radius 1 is 1.42 bits per heavy atom. The molecule has 3 heterocycles. The van der Waals surface area contributed by atoms with Crippen molar-refractivity contribution >= 4 is 18.3 Å². The number of aryl methyl sites for hydroxylation is 1. The van der Waals surface area contributed by atoms with E-state index in [-0.39, 0.29) is 23.7 Å². The molecule has 0 atom stereocenters. The van der Waals surface area contributed by atoms with Gasteiger partial charge in [-0.05, 0) is 38.1 Å². The number of hydrogen-bond acceptors (Lipinski definition) is 7. The van der Waals surface area contributed by atoms with Gasteiger partial charge in [0.05, 0.1) is 12.9 Å². The van der Waals surface area contributed by atoms with E-state index in [9.17, 15) is 4.79 Å². The smallest absolute Gasteiger partial charge is 0.238 e. The predicted molar refractivity (Wildman–Crippen MR) is 97.0 cm³/mol. The highest BCUT2D eigenvalue weighted by Crippen LogP contribution is 2.28. The fourth-order valence-electron chi connectivity index (χ4n) is 3.09. The lowest BCUT2D eigenvalue weighted by Crippen LogP contribution is -2.47. The number of rotatable bonds is 8. The molecule has 1 saturated heterocycles. The van der Waals surface area contributed by atoms with Crippen molar-refractivity contribution < 1.29 is 18.5 Å². The Labute approximate surface area is 158 Å². The standard InChI is InChI=1S/C17H24N4O4.ClH/c1-23-12-17(6-8-18-9-7-17)11-19-14(22)4-5-15-20-16(21-25-15)13-3-2-10-24-13;/h2-3,10,18H,4-9,11-12H2,1H3,(H,19,22);1H. The van der Waals surface area contributed by atoms with Gasteiger partial charge in [0, 0.05) is 31.9 Å². The summed E-state index contributed by atoms with van der Waals surface area (Å²) >= 11 is 0. The van der Waals surface area contributed by atoms with Crippen LogP contribution >= 0.6 is 12.4 Å². The van der Waals surface area contributed by atoms with Gasteiger partial charge in [-0.2, -0.15) is 4.98 Å². The zero-order valence-electron chi connectivity index (χ0n) is 14.8. The van der Waals surface area contributed by atoms with Crippen LogP contribution in [-0.2, 0) is 16.0 Å². The zero-order chi connectivity index (χ0) is 17.5. The summed E-state index contributed by atoms with van der Waals surface area (Å²) in [5, 5.41) is 10.2. The summed E-state index contributed by atoms with van der Waals surface area (Å²) in [6, 6.07) is 3.52. The molecule has 0 bridgehead atoms. The van der Waals surface area contributed by atoms with Gasteiger partial charge in [-0.3, -0.25) is 4.79 Å². The van der Waals surface area contributed by atoms with Gasteiger partial charge in [0.1, 0.15) is 0 Å². The SMILES string of the molecule is COCC1(CNC(=O)CCc2nc(-c3ccco3)no2)CCNCC1.Cl. The summed E-state index contributed by atoms with van der Waals surface area (Å²) < 4.78 is 15.7. The number of hydrogen-bond donors (Lipinski definition) is 2. The van der Waals surface area contributed by atoms with E-state index in [0.717, 1.165) is 25.9 Å². The summed E-state index contributed by atoms with van der Waals surface area (Å²) in [6.45, 7) is 3.20. The van der Waals surface area contributed by atoms with Gasteiger partial charge >= 0.3 is 0 Å². The van der Waals surface area contributed by atoms with E-state index in [4.69, 9.17) is 13.7 Å². The van der Waals surface area contributed by atoms with Gasteiger partial charge in [-0.1, -0.05) is 5.16 Å². The van der Waals surface area contributed by atoms with Crippen LogP contribution < -0.4 is 10.6 Å². The van der Waals surface area contributed by atoms with Crippen LogP contribution in [0.1, 0.15) is 25.2 Å². The maximum absolute atomic E-state index is 12.2. The van der Waals surface area contributed by atoms with Gasteiger partial charge in [0.2, 0.25) is 17.6 Å². The van der Waals surface area contributed by atoms with Crippen molar-refractivity contribution in [2.75, 3.05) is 33.4 Å². The molecule has 2 aromatic heterocycles. The number of carbonyl (C=O) groups is 1. The molecule has 1 aliphatic heterocycles. The molecule has 0 unspecified atom stereocenters. The zero-order valence-corrected chi connectivity index (χ0v) is 15.6. The van der Waals surface area contributed by atoms with E-state index >= 15 is 0 Å². The van der Waals surface area contributed by atoms with E-state index in [0.29, 0.717) is 43.5 Å². The minimum Gasteiger partial charge on any atom is -0.461 e. The third kappa shape index (κ3) is 5.30. The van der Waals surface area contributed by atoms with Crippen molar-refractivity contribution in [3.05, 3.63) is 24.3 Å². The van der Waals surface area contributed by atoms with E-state index in [1.807, 2.05) is 0 Å². The summed E-state index contributed by atoms with van der Waals surface area (Å²) in [5.41, 5.74) is 0.0204. The second kappa shape index (κ2) is 9.70. The number of ether oxygens (including phenoxy) is 1. The first-order chi connectivity index (χ1) is 12.2. The number of nitrogens with zero attached hydrogens (tertiary/aromatic N) is 2. The molecule has 8 nitrogen and oxygen atoms in total. The lowest BCUT2D eigenvalue weighted by molar-refractivity contribution is -0.122.